The fraction of sp³-hybridized carbons (Fsp3) is 0.462. The van der Waals surface area contributed by atoms with Crippen molar-refractivity contribution in [2.75, 3.05) is 5.75 Å². The minimum absolute atomic E-state index is 0.0492. The third-order valence-electron chi connectivity index (χ3n) is 2.23. The highest BCUT2D eigenvalue weighted by Gasteiger charge is 2.12. The minimum Gasteiger partial charge on any atom is -0.294 e. The molecule has 0 fully saturated rings. The number of pyridine rings is 1. The lowest BCUT2D eigenvalue weighted by Gasteiger charge is -2.08. The standard InChI is InChI=1S/C13H16N2OS/c1-8(2)7-17-13-11(6-14)5-12(10(4)16)9(3)15-13/h5,8H,7H2,1-4H3. The van der Waals surface area contributed by atoms with E-state index in [2.05, 4.69) is 24.9 Å². The van der Waals surface area contributed by atoms with E-state index in [1.54, 1.807) is 24.8 Å². The number of carbonyl (C=O) groups excluding carboxylic acids is 1. The molecule has 3 nitrogen and oxygen atoms in total. The maximum atomic E-state index is 11.4. The molecule has 0 saturated carbocycles. The van der Waals surface area contributed by atoms with Crippen molar-refractivity contribution in [3.8, 4) is 6.07 Å². The number of hydrogen-bond donors (Lipinski definition) is 0. The van der Waals surface area contributed by atoms with Crippen LogP contribution in [-0.4, -0.2) is 16.5 Å². The molecule has 0 bridgehead atoms. The van der Waals surface area contributed by atoms with Crippen LogP contribution in [0, 0.1) is 24.2 Å². The first kappa shape index (κ1) is 13.7. The van der Waals surface area contributed by atoms with Crippen LogP contribution in [0.25, 0.3) is 0 Å². The molecule has 0 amide bonds. The van der Waals surface area contributed by atoms with Gasteiger partial charge in [-0.15, -0.1) is 11.8 Å². The Morgan fingerprint density at radius 1 is 1.59 bits per heavy atom. The van der Waals surface area contributed by atoms with Crippen molar-refractivity contribution >= 4 is 17.5 Å². The molecule has 0 aromatic carbocycles. The molecule has 4 heteroatoms. The van der Waals surface area contributed by atoms with Crippen LogP contribution in [0.15, 0.2) is 11.1 Å². The topological polar surface area (TPSA) is 53.8 Å². The summed E-state index contributed by atoms with van der Waals surface area (Å²) < 4.78 is 0. The third-order valence-corrected chi connectivity index (χ3v) is 3.65. The number of carbonyl (C=O) groups is 1. The van der Waals surface area contributed by atoms with Crippen LogP contribution in [0.5, 0.6) is 0 Å². The number of rotatable bonds is 4. The lowest BCUT2D eigenvalue weighted by molar-refractivity contribution is 0.101. The number of aryl methyl sites for hydroxylation is 1. The molecule has 0 saturated heterocycles. The highest BCUT2D eigenvalue weighted by atomic mass is 32.2. The number of Topliss-reactive ketones (excluding diaryl/α,β-unsaturated/α-hetero) is 1. The zero-order valence-electron chi connectivity index (χ0n) is 10.6. The van der Waals surface area contributed by atoms with Crippen molar-refractivity contribution in [2.45, 2.75) is 32.7 Å². The van der Waals surface area contributed by atoms with E-state index in [0.717, 1.165) is 10.8 Å². The van der Waals surface area contributed by atoms with Crippen LogP contribution in [-0.2, 0) is 0 Å². The van der Waals surface area contributed by atoms with Gasteiger partial charge in [-0.2, -0.15) is 5.26 Å². The Balaban J connectivity index is 3.11. The Hall–Kier alpha value is -1.34. The summed E-state index contributed by atoms with van der Waals surface area (Å²) in [5, 5.41) is 9.79. The molecule has 0 aliphatic heterocycles. The van der Waals surface area contributed by atoms with E-state index < -0.39 is 0 Å². The summed E-state index contributed by atoms with van der Waals surface area (Å²) in [4.78, 5) is 15.7. The summed E-state index contributed by atoms with van der Waals surface area (Å²) in [6, 6.07) is 3.75. The molecule has 0 atom stereocenters. The van der Waals surface area contributed by atoms with E-state index in [0.29, 0.717) is 22.7 Å². The van der Waals surface area contributed by atoms with Crippen molar-refractivity contribution < 1.29 is 4.79 Å². The van der Waals surface area contributed by atoms with Crippen LogP contribution >= 0.6 is 11.8 Å². The number of aromatic nitrogens is 1. The van der Waals surface area contributed by atoms with Gasteiger partial charge < -0.3 is 0 Å². The molecular weight excluding hydrogens is 232 g/mol. The van der Waals surface area contributed by atoms with Gasteiger partial charge in [-0.25, -0.2) is 4.98 Å². The van der Waals surface area contributed by atoms with Gasteiger partial charge in [-0.3, -0.25) is 4.79 Å². The number of thioether (sulfide) groups is 1. The Morgan fingerprint density at radius 3 is 2.71 bits per heavy atom. The normalized spacial score (nSPS) is 10.4. The van der Waals surface area contributed by atoms with Crippen LogP contribution in [0.4, 0.5) is 0 Å². The summed E-state index contributed by atoms with van der Waals surface area (Å²) >= 11 is 1.57. The van der Waals surface area contributed by atoms with Gasteiger partial charge in [0, 0.05) is 17.0 Å². The number of hydrogen-bond acceptors (Lipinski definition) is 4. The Morgan fingerprint density at radius 2 is 2.24 bits per heavy atom. The molecule has 90 valence electrons. The zero-order chi connectivity index (χ0) is 13.0. The van der Waals surface area contributed by atoms with Crippen LogP contribution in [0.3, 0.4) is 0 Å². The molecule has 17 heavy (non-hydrogen) atoms. The highest BCUT2D eigenvalue weighted by Crippen LogP contribution is 2.24. The fourth-order valence-corrected chi connectivity index (χ4v) is 2.33. The van der Waals surface area contributed by atoms with Crippen LogP contribution in [0.1, 0.15) is 42.4 Å². The second kappa shape index (κ2) is 5.83. The van der Waals surface area contributed by atoms with Crippen molar-refractivity contribution in [1.29, 1.82) is 5.26 Å². The SMILES string of the molecule is CC(=O)c1cc(C#N)c(SCC(C)C)nc1C. The largest absolute Gasteiger partial charge is 0.294 e. The summed E-state index contributed by atoms with van der Waals surface area (Å²) in [6.07, 6.45) is 0. The van der Waals surface area contributed by atoms with E-state index in [4.69, 9.17) is 5.26 Å². The lowest BCUT2D eigenvalue weighted by Crippen LogP contribution is -2.03. The fourth-order valence-electron chi connectivity index (χ4n) is 1.38. The first-order valence-corrected chi connectivity index (χ1v) is 6.49. The van der Waals surface area contributed by atoms with Gasteiger partial charge in [0.15, 0.2) is 5.78 Å². The van der Waals surface area contributed by atoms with E-state index in [1.807, 2.05) is 0 Å². The number of ketones is 1. The van der Waals surface area contributed by atoms with Gasteiger partial charge in [0.2, 0.25) is 0 Å². The molecule has 0 radical (unpaired) electrons. The third kappa shape index (κ3) is 3.57. The van der Waals surface area contributed by atoms with Gasteiger partial charge in [0.05, 0.1) is 5.56 Å². The number of nitriles is 1. The highest BCUT2D eigenvalue weighted by molar-refractivity contribution is 7.99. The van der Waals surface area contributed by atoms with Crippen LogP contribution < -0.4 is 0 Å². The molecule has 0 spiro atoms. The first-order valence-electron chi connectivity index (χ1n) is 5.51. The maximum absolute atomic E-state index is 11.4. The Kier molecular flexibility index (Phi) is 4.71. The van der Waals surface area contributed by atoms with Gasteiger partial charge >= 0.3 is 0 Å². The van der Waals surface area contributed by atoms with Gasteiger partial charge in [0.25, 0.3) is 0 Å². The van der Waals surface area contributed by atoms with Gasteiger partial charge in [0.1, 0.15) is 11.1 Å². The van der Waals surface area contributed by atoms with E-state index in [-0.39, 0.29) is 5.78 Å². The summed E-state index contributed by atoms with van der Waals surface area (Å²) in [6.45, 7) is 7.54. The molecule has 0 aliphatic rings. The number of nitrogens with zero attached hydrogens (tertiary/aromatic N) is 2. The van der Waals surface area contributed by atoms with E-state index >= 15 is 0 Å². The predicted octanol–water partition coefficient (Wildman–Crippen LogP) is 3.21. The van der Waals surface area contributed by atoms with Crippen molar-refractivity contribution in [3.63, 3.8) is 0 Å². The summed E-state index contributed by atoms with van der Waals surface area (Å²) in [7, 11) is 0. The van der Waals surface area contributed by atoms with Crippen molar-refractivity contribution in [2.24, 2.45) is 5.92 Å². The molecule has 1 rings (SSSR count). The molecule has 0 aliphatic carbocycles. The molecule has 0 N–H and O–H groups in total. The van der Waals surface area contributed by atoms with E-state index in [1.165, 1.54) is 6.92 Å². The smallest absolute Gasteiger partial charge is 0.161 e. The molecule has 1 heterocycles. The average Bonchev–Trinajstić information content (AvgIpc) is 2.25. The van der Waals surface area contributed by atoms with Crippen molar-refractivity contribution in [1.82, 2.24) is 4.98 Å². The average molecular weight is 248 g/mol. The first-order chi connectivity index (χ1) is 7.95. The maximum Gasteiger partial charge on any atom is 0.161 e. The quantitative estimate of drug-likeness (QED) is 0.606. The molecule has 0 unspecified atom stereocenters. The second-order valence-electron chi connectivity index (χ2n) is 4.35. The lowest BCUT2D eigenvalue weighted by atomic mass is 10.1. The predicted molar refractivity (Wildman–Crippen MR) is 69.3 cm³/mol. The summed E-state index contributed by atoms with van der Waals surface area (Å²) in [5.74, 6) is 1.41. The Bertz CT molecular complexity index is 475. The Labute approximate surface area is 106 Å². The van der Waals surface area contributed by atoms with Gasteiger partial charge in [-0.05, 0) is 25.8 Å². The summed E-state index contributed by atoms with van der Waals surface area (Å²) in [5.41, 5.74) is 1.73. The second-order valence-corrected chi connectivity index (χ2v) is 5.36. The minimum atomic E-state index is -0.0492. The molecule has 1 aromatic heterocycles. The van der Waals surface area contributed by atoms with E-state index in [9.17, 15) is 4.79 Å². The van der Waals surface area contributed by atoms with Crippen molar-refractivity contribution in [3.05, 3.63) is 22.9 Å². The molecular formula is C13H16N2OS. The van der Waals surface area contributed by atoms with Gasteiger partial charge in [-0.1, -0.05) is 13.8 Å². The monoisotopic (exact) mass is 248 g/mol. The zero-order valence-corrected chi connectivity index (χ0v) is 11.4. The molecule has 1 aromatic rings. The van der Waals surface area contributed by atoms with Crippen LogP contribution in [0.2, 0.25) is 0 Å².